The van der Waals surface area contributed by atoms with Crippen molar-refractivity contribution in [2.75, 3.05) is 18.9 Å². The number of rotatable bonds is 7. The summed E-state index contributed by atoms with van der Waals surface area (Å²) in [6.07, 6.45) is 1.99. The van der Waals surface area contributed by atoms with Crippen molar-refractivity contribution in [3.05, 3.63) is 23.8 Å². The van der Waals surface area contributed by atoms with Crippen LogP contribution >= 0.6 is 0 Å². The van der Waals surface area contributed by atoms with Crippen LogP contribution in [-0.2, 0) is 4.79 Å². The van der Waals surface area contributed by atoms with Crippen LogP contribution in [-0.4, -0.2) is 19.1 Å². The number of carbonyl (C=O) groups excluding carboxylic acids is 1. The van der Waals surface area contributed by atoms with Gasteiger partial charge in [0.15, 0.2) is 0 Å². The van der Waals surface area contributed by atoms with Gasteiger partial charge in [-0.1, -0.05) is 19.4 Å². The Kier molecular flexibility index (Phi) is 6.04. The number of nitrogens with one attached hydrogen (secondary N) is 1. The number of nitrogen functional groups attached to an aromatic ring is 1. The second-order valence-electron chi connectivity index (χ2n) is 5.61. The van der Waals surface area contributed by atoms with E-state index in [1.165, 1.54) is 0 Å². The number of carbonyl (C=O) groups is 1. The van der Waals surface area contributed by atoms with Crippen LogP contribution < -0.4 is 15.8 Å². The fraction of sp³-hybridized carbons (Fsp3) is 0.500. The Morgan fingerprint density at radius 2 is 2.19 bits per heavy atom. The van der Waals surface area contributed by atoms with Gasteiger partial charge >= 0.3 is 0 Å². The zero-order valence-corrected chi connectivity index (χ0v) is 12.9. The van der Waals surface area contributed by atoms with Crippen LogP contribution in [0.5, 0.6) is 5.75 Å². The van der Waals surface area contributed by atoms with E-state index >= 15 is 0 Å². The van der Waals surface area contributed by atoms with Gasteiger partial charge in [0.25, 0.3) is 0 Å². The van der Waals surface area contributed by atoms with Crippen LogP contribution in [0.15, 0.2) is 18.2 Å². The van der Waals surface area contributed by atoms with Gasteiger partial charge in [-0.2, -0.15) is 5.26 Å². The smallest absolute Gasteiger partial charge is 0.229 e. The normalized spacial score (nSPS) is 10.8. The first-order valence-corrected chi connectivity index (χ1v) is 7.12. The van der Waals surface area contributed by atoms with Crippen LogP contribution in [0.4, 0.5) is 5.69 Å². The molecule has 5 nitrogen and oxygen atoms in total. The number of nitriles is 1. The Morgan fingerprint density at radius 1 is 1.48 bits per heavy atom. The first-order valence-electron chi connectivity index (χ1n) is 7.12. The van der Waals surface area contributed by atoms with Crippen LogP contribution in [0.2, 0.25) is 0 Å². The number of amides is 1. The summed E-state index contributed by atoms with van der Waals surface area (Å²) < 4.78 is 5.64. The van der Waals surface area contributed by atoms with Crippen molar-refractivity contribution in [1.29, 1.82) is 5.26 Å². The fourth-order valence-electron chi connectivity index (χ4n) is 1.73. The number of unbranched alkanes of at least 4 members (excludes halogenated alkanes) is 1. The second-order valence-corrected chi connectivity index (χ2v) is 5.61. The monoisotopic (exact) mass is 289 g/mol. The minimum atomic E-state index is -0.676. The molecule has 0 unspecified atom stereocenters. The Morgan fingerprint density at radius 3 is 2.81 bits per heavy atom. The molecule has 0 fully saturated rings. The van der Waals surface area contributed by atoms with Crippen molar-refractivity contribution in [3.63, 3.8) is 0 Å². The largest absolute Gasteiger partial charge is 0.491 e. The lowest BCUT2D eigenvalue weighted by Crippen LogP contribution is -2.41. The van der Waals surface area contributed by atoms with Crippen molar-refractivity contribution >= 4 is 11.6 Å². The summed E-state index contributed by atoms with van der Waals surface area (Å²) in [5.41, 5.74) is 5.74. The molecule has 1 aromatic rings. The summed E-state index contributed by atoms with van der Waals surface area (Å²) in [5.74, 6) is 0.352. The van der Waals surface area contributed by atoms with Gasteiger partial charge in [-0.15, -0.1) is 0 Å². The van der Waals surface area contributed by atoms with Gasteiger partial charge in [-0.3, -0.25) is 4.79 Å². The van der Waals surface area contributed by atoms with E-state index in [0.29, 0.717) is 23.5 Å². The number of anilines is 1. The molecule has 5 heteroatoms. The van der Waals surface area contributed by atoms with Gasteiger partial charge < -0.3 is 15.8 Å². The lowest BCUT2D eigenvalue weighted by Gasteiger charge is -2.24. The lowest BCUT2D eigenvalue weighted by molar-refractivity contribution is -0.130. The Balaban J connectivity index is 2.67. The standard InChI is InChI=1S/C16H23N3O2/c1-4-5-9-19-15(20)16(2,3)11-21-14-8-6-7-13(18)12(14)10-17/h6-8H,4-5,9,11,18H2,1-3H3,(H,19,20). The molecule has 0 heterocycles. The van der Waals surface area contributed by atoms with E-state index in [9.17, 15) is 4.79 Å². The number of hydrogen-bond donors (Lipinski definition) is 2. The van der Waals surface area contributed by atoms with Crippen LogP contribution in [0, 0.1) is 16.7 Å². The number of benzene rings is 1. The highest BCUT2D eigenvalue weighted by atomic mass is 16.5. The molecule has 0 saturated heterocycles. The van der Waals surface area contributed by atoms with Crippen LogP contribution in [0.25, 0.3) is 0 Å². The van der Waals surface area contributed by atoms with Gasteiger partial charge in [0.2, 0.25) is 5.91 Å². The minimum Gasteiger partial charge on any atom is -0.491 e. The van der Waals surface area contributed by atoms with E-state index < -0.39 is 5.41 Å². The molecule has 1 amide bonds. The number of hydrogen-bond acceptors (Lipinski definition) is 4. The highest BCUT2D eigenvalue weighted by Crippen LogP contribution is 2.25. The highest BCUT2D eigenvalue weighted by Gasteiger charge is 2.28. The summed E-state index contributed by atoms with van der Waals surface area (Å²) in [6, 6.07) is 7.07. The van der Waals surface area contributed by atoms with E-state index in [0.717, 1.165) is 12.8 Å². The van der Waals surface area contributed by atoms with Crippen molar-refractivity contribution in [1.82, 2.24) is 5.32 Å². The lowest BCUT2D eigenvalue weighted by atomic mass is 9.93. The van der Waals surface area contributed by atoms with Gasteiger partial charge in [0, 0.05) is 6.54 Å². The van der Waals surface area contributed by atoms with E-state index in [-0.39, 0.29) is 12.5 Å². The molecule has 0 aliphatic heterocycles. The highest BCUT2D eigenvalue weighted by molar-refractivity contribution is 5.82. The molecule has 3 N–H and O–H groups in total. The Labute approximate surface area is 126 Å². The average Bonchev–Trinajstić information content (AvgIpc) is 2.45. The maximum absolute atomic E-state index is 12.1. The fourth-order valence-corrected chi connectivity index (χ4v) is 1.73. The Bertz CT molecular complexity index is 533. The molecule has 1 rings (SSSR count). The molecule has 0 aliphatic rings. The zero-order valence-electron chi connectivity index (χ0n) is 12.9. The third-order valence-electron chi connectivity index (χ3n) is 3.19. The van der Waals surface area contributed by atoms with Gasteiger partial charge in [-0.25, -0.2) is 0 Å². The first-order chi connectivity index (χ1) is 9.92. The molecule has 0 bridgehead atoms. The second kappa shape index (κ2) is 7.53. The zero-order chi connectivity index (χ0) is 15.9. The van der Waals surface area contributed by atoms with Gasteiger partial charge in [0.1, 0.15) is 24.0 Å². The summed E-state index contributed by atoms with van der Waals surface area (Å²) in [7, 11) is 0. The summed E-state index contributed by atoms with van der Waals surface area (Å²) in [5, 5.41) is 12.0. The number of nitrogens with two attached hydrogens (primary N) is 1. The summed E-state index contributed by atoms with van der Waals surface area (Å²) in [6.45, 7) is 6.55. The molecule has 0 aromatic heterocycles. The van der Waals surface area contributed by atoms with Crippen molar-refractivity contribution in [2.24, 2.45) is 5.41 Å². The minimum absolute atomic E-state index is 0.0571. The molecule has 21 heavy (non-hydrogen) atoms. The molecular weight excluding hydrogens is 266 g/mol. The van der Waals surface area contributed by atoms with Crippen molar-refractivity contribution in [2.45, 2.75) is 33.6 Å². The third-order valence-corrected chi connectivity index (χ3v) is 3.19. The molecule has 114 valence electrons. The van der Waals surface area contributed by atoms with E-state index in [1.54, 1.807) is 18.2 Å². The number of ether oxygens (including phenoxy) is 1. The molecule has 0 saturated carbocycles. The molecule has 0 atom stereocenters. The van der Waals surface area contributed by atoms with E-state index in [2.05, 4.69) is 12.2 Å². The Hall–Kier alpha value is -2.22. The SMILES string of the molecule is CCCCNC(=O)C(C)(C)COc1cccc(N)c1C#N. The maximum atomic E-state index is 12.1. The topological polar surface area (TPSA) is 88.1 Å². The maximum Gasteiger partial charge on any atom is 0.229 e. The summed E-state index contributed by atoms with van der Waals surface area (Å²) >= 11 is 0. The predicted octanol–water partition coefficient (Wildman–Crippen LogP) is 2.46. The molecule has 1 aromatic carbocycles. The van der Waals surface area contributed by atoms with Crippen LogP contribution in [0.3, 0.4) is 0 Å². The molecular formula is C16H23N3O2. The van der Waals surface area contributed by atoms with Crippen molar-refractivity contribution < 1.29 is 9.53 Å². The van der Waals surface area contributed by atoms with E-state index in [1.807, 2.05) is 19.9 Å². The predicted molar refractivity (Wildman–Crippen MR) is 82.8 cm³/mol. The molecule has 0 aliphatic carbocycles. The summed E-state index contributed by atoms with van der Waals surface area (Å²) in [4.78, 5) is 12.1. The molecule has 0 radical (unpaired) electrons. The van der Waals surface area contributed by atoms with Gasteiger partial charge in [0.05, 0.1) is 11.1 Å². The first kappa shape index (κ1) is 16.8. The van der Waals surface area contributed by atoms with Crippen LogP contribution in [0.1, 0.15) is 39.2 Å². The van der Waals surface area contributed by atoms with Gasteiger partial charge in [-0.05, 0) is 32.4 Å². The number of nitrogens with zero attached hydrogens (tertiary/aromatic N) is 1. The quantitative estimate of drug-likeness (QED) is 0.596. The van der Waals surface area contributed by atoms with E-state index in [4.69, 9.17) is 15.7 Å². The average molecular weight is 289 g/mol. The van der Waals surface area contributed by atoms with Crippen molar-refractivity contribution in [3.8, 4) is 11.8 Å². The molecule has 0 spiro atoms. The third kappa shape index (κ3) is 4.67.